The normalized spacial score (nSPS) is 12.0. The molecule has 0 amide bonds. The molecule has 0 aliphatic carbocycles. The van der Waals surface area contributed by atoms with E-state index >= 15 is 0 Å². The number of rotatable bonds is 55. The van der Waals surface area contributed by atoms with Gasteiger partial charge in [-0.25, -0.2) is 0 Å². The Bertz CT molecular complexity index is 996. The lowest BCUT2D eigenvalue weighted by molar-refractivity contribution is -0.167. The Labute approximate surface area is 412 Å². The summed E-state index contributed by atoms with van der Waals surface area (Å²) in [5, 5.41) is 0. The third-order valence-electron chi connectivity index (χ3n) is 13.8. The Morgan fingerprint density at radius 1 is 0.288 bits per heavy atom. The first kappa shape index (κ1) is 64.4. The fourth-order valence-electron chi connectivity index (χ4n) is 9.28. The van der Waals surface area contributed by atoms with Crippen molar-refractivity contribution < 1.29 is 28.6 Å². The molecular formula is C60H116O6. The van der Waals surface area contributed by atoms with Crippen molar-refractivity contribution in [3.05, 3.63) is 0 Å². The standard InChI is InChI=1S/C60H116O6/c1-5-7-9-11-13-15-17-19-21-23-24-26-27-29-31-35-39-43-47-51-58(61)64-54-57(55-65-59(62)52-48-44-40-37-33-34-38-42-46-50-56(3)4)66-60(63)53-49-45-41-36-32-30-28-25-22-20-18-16-14-12-10-8-6-2/h56-57H,5-55H2,1-4H3/t57-/m0/s1. The van der Waals surface area contributed by atoms with Crippen molar-refractivity contribution in [1.29, 1.82) is 0 Å². The maximum absolute atomic E-state index is 12.9. The number of carbonyl (C=O) groups excluding carboxylic acids is 3. The molecule has 0 radical (unpaired) electrons. The van der Waals surface area contributed by atoms with E-state index in [4.69, 9.17) is 14.2 Å². The Morgan fingerprint density at radius 3 is 0.742 bits per heavy atom. The van der Waals surface area contributed by atoms with E-state index in [0.29, 0.717) is 19.3 Å². The number of hydrogen-bond acceptors (Lipinski definition) is 6. The van der Waals surface area contributed by atoms with Crippen LogP contribution < -0.4 is 0 Å². The van der Waals surface area contributed by atoms with Crippen molar-refractivity contribution in [2.75, 3.05) is 13.2 Å². The molecule has 0 aromatic carbocycles. The van der Waals surface area contributed by atoms with Gasteiger partial charge < -0.3 is 14.2 Å². The Kier molecular flexibility index (Phi) is 53.0. The number of carbonyl (C=O) groups is 3. The fourth-order valence-corrected chi connectivity index (χ4v) is 9.28. The highest BCUT2D eigenvalue weighted by molar-refractivity contribution is 5.71. The molecular weight excluding hydrogens is 817 g/mol. The molecule has 1 atom stereocenters. The van der Waals surface area contributed by atoms with E-state index in [-0.39, 0.29) is 31.1 Å². The highest BCUT2D eigenvalue weighted by atomic mass is 16.6. The van der Waals surface area contributed by atoms with Crippen LogP contribution in [0.5, 0.6) is 0 Å². The second kappa shape index (κ2) is 54.4. The molecule has 66 heavy (non-hydrogen) atoms. The number of ether oxygens (including phenoxy) is 3. The molecule has 0 aliphatic heterocycles. The topological polar surface area (TPSA) is 78.9 Å². The highest BCUT2D eigenvalue weighted by Gasteiger charge is 2.19. The van der Waals surface area contributed by atoms with Crippen LogP contribution in [0.25, 0.3) is 0 Å². The summed E-state index contributed by atoms with van der Waals surface area (Å²) in [6.45, 7) is 9.04. The summed E-state index contributed by atoms with van der Waals surface area (Å²) in [7, 11) is 0. The quantitative estimate of drug-likeness (QED) is 0.0343. The molecule has 0 saturated carbocycles. The number of hydrogen-bond donors (Lipinski definition) is 0. The summed E-state index contributed by atoms with van der Waals surface area (Å²) in [5.74, 6) is -0.0268. The first-order chi connectivity index (χ1) is 32.4. The molecule has 0 rings (SSSR count). The van der Waals surface area contributed by atoms with Crippen LogP contribution >= 0.6 is 0 Å². The van der Waals surface area contributed by atoms with Crippen molar-refractivity contribution in [1.82, 2.24) is 0 Å². The van der Waals surface area contributed by atoms with Gasteiger partial charge >= 0.3 is 17.9 Å². The van der Waals surface area contributed by atoms with E-state index in [1.54, 1.807) is 0 Å². The van der Waals surface area contributed by atoms with E-state index < -0.39 is 6.10 Å². The van der Waals surface area contributed by atoms with Crippen LogP contribution in [0.3, 0.4) is 0 Å². The molecule has 0 heterocycles. The summed E-state index contributed by atoms with van der Waals surface area (Å²) in [6.07, 6.45) is 59.6. The zero-order valence-electron chi connectivity index (χ0n) is 45.2. The minimum absolute atomic E-state index is 0.0620. The van der Waals surface area contributed by atoms with Gasteiger partial charge in [0.2, 0.25) is 0 Å². The number of unbranched alkanes of at least 4 members (excludes halogenated alkanes) is 42. The molecule has 0 aromatic rings. The zero-order valence-corrected chi connectivity index (χ0v) is 45.2. The smallest absolute Gasteiger partial charge is 0.306 e. The third-order valence-corrected chi connectivity index (χ3v) is 13.8. The SMILES string of the molecule is CCCCCCCCCCCCCCCCCCCCCC(=O)OC[C@@H](COC(=O)CCCCCCCCCCCC(C)C)OC(=O)CCCCCCCCCCCCCCCCCCC. The Balaban J connectivity index is 4.26. The van der Waals surface area contributed by atoms with Gasteiger partial charge in [-0.2, -0.15) is 0 Å². The second-order valence-corrected chi connectivity index (χ2v) is 21.1. The summed E-state index contributed by atoms with van der Waals surface area (Å²) in [6, 6.07) is 0. The van der Waals surface area contributed by atoms with Crippen LogP contribution in [0.15, 0.2) is 0 Å². The summed E-state index contributed by atoms with van der Waals surface area (Å²) >= 11 is 0. The average Bonchev–Trinajstić information content (AvgIpc) is 3.30. The van der Waals surface area contributed by atoms with Gasteiger partial charge in [-0.15, -0.1) is 0 Å². The van der Waals surface area contributed by atoms with Crippen molar-refractivity contribution >= 4 is 17.9 Å². The lowest BCUT2D eigenvalue weighted by Crippen LogP contribution is -2.30. The average molecular weight is 934 g/mol. The van der Waals surface area contributed by atoms with Gasteiger partial charge in [-0.05, 0) is 25.2 Å². The Morgan fingerprint density at radius 2 is 0.500 bits per heavy atom. The molecule has 6 nitrogen and oxygen atoms in total. The molecule has 0 saturated heterocycles. The molecule has 0 N–H and O–H groups in total. The first-order valence-electron chi connectivity index (χ1n) is 29.9. The van der Waals surface area contributed by atoms with E-state index in [2.05, 4.69) is 27.7 Å². The van der Waals surface area contributed by atoms with Crippen LogP contribution in [0.4, 0.5) is 0 Å². The number of esters is 3. The Hall–Kier alpha value is -1.59. The van der Waals surface area contributed by atoms with Gasteiger partial charge in [-0.3, -0.25) is 14.4 Å². The van der Waals surface area contributed by atoms with E-state index in [0.717, 1.165) is 63.7 Å². The van der Waals surface area contributed by atoms with Crippen LogP contribution in [0.2, 0.25) is 0 Å². The molecule has 6 heteroatoms. The van der Waals surface area contributed by atoms with Crippen molar-refractivity contribution in [3.8, 4) is 0 Å². The molecule has 0 aromatic heterocycles. The van der Waals surface area contributed by atoms with E-state index in [9.17, 15) is 14.4 Å². The van der Waals surface area contributed by atoms with Gasteiger partial charge in [0, 0.05) is 19.3 Å². The van der Waals surface area contributed by atoms with Gasteiger partial charge in [0.05, 0.1) is 0 Å². The van der Waals surface area contributed by atoms with Gasteiger partial charge in [0.15, 0.2) is 6.10 Å². The molecule has 392 valence electrons. The second-order valence-electron chi connectivity index (χ2n) is 21.1. The van der Waals surface area contributed by atoms with Gasteiger partial charge in [0.25, 0.3) is 0 Å². The zero-order chi connectivity index (χ0) is 48.1. The van der Waals surface area contributed by atoms with Crippen molar-refractivity contribution in [2.45, 2.75) is 348 Å². The molecule has 0 unspecified atom stereocenters. The molecule has 0 fully saturated rings. The molecule has 0 aliphatic rings. The molecule has 0 spiro atoms. The van der Waals surface area contributed by atoms with Crippen LogP contribution in [-0.4, -0.2) is 37.2 Å². The minimum atomic E-state index is -0.762. The van der Waals surface area contributed by atoms with Crippen molar-refractivity contribution in [3.63, 3.8) is 0 Å². The summed E-state index contributed by atoms with van der Waals surface area (Å²) < 4.78 is 16.9. The van der Waals surface area contributed by atoms with Crippen LogP contribution in [0.1, 0.15) is 342 Å². The molecule has 0 bridgehead atoms. The maximum atomic E-state index is 12.9. The van der Waals surface area contributed by atoms with Crippen LogP contribution in [0, 0.1) is 5.92 Å². The maximum Gasteiger partial charge on any atom is 0.306 e. The minimum Gasteiger partial charge on any atom is -0.462 e. The predicted molar refractivity (Wildman–Crippen MR) is 284 cm³/mol. The fraction of sp³-hybridized carbons (Fsp3) is 0.950. The monoisotopic (exact) mass is 933 g/mol. The summed E-state index contributed by atoms with van der Waals surface area (Å²) in [5.41, 5.74) is 0. The first-order valence-corrected chi connectivity index (χ1v) is 29.9. The largest absolute Gasteiger partial charge is 0.462 e. The highest BCUT2D eigenvalue weighted by Crippen LogP contribution is 2.18. The lowest BCUT2D eigenvalue weighted by Gasteiger charge is -2.18. The summed E-state index contributed by atoms with van der Waals surface area (Å²) in [4.78, 5) is 38.2. The predicted octanol–water partition coefficient (Wildman–Crippen LogP) is 19.8. The third kappa shape index (κ3) is 53.4. The van der Waals surface area contributed by atoms with E-state index in [1.165, 1.54) is 238 Å². The van der Waals surface area contributed by atoms with Gasteiger partial charge in [0.1, 0.15) is 13.2 Å². The van der Waals surface area contributed by atoms with Crippen LogP contribution in [-0.2, 0) is 28.6 Å². The van der Waals surface area contributed by atoms with Crippen molar-refractivity contribution in [2.24, 2.45) is 5.92 Å². The lowest BCUT2D eigenvalue weighted by atomic mass is 10.0. The van der Waals surface area contributed by atoms with E-state index in [1.807, 2.05) is 0 Å². The van der Waals surface area contributed by atoms with Gasteiger partial charge in [-0.1, -0.05) is 304 Å².